The van der Waals surface area contributed by atoms with Crippen molar-refractivity contribution in [2.75, 3.05) is 11.9 Å². The van der Waals surface area contributed by atoms with E-state index in [2.05, 4.69) is 10.3 Å². The van der Waals surface area contributed by atoms with Crippen LogP contribution in [0.2, 0.25) is 0 Å². The zero-order valence-electron chi connectivity index (χ0n) is 11.8. The lowest BCUT2D eigenvalue weighted by atomic mass is 10.3. The van der Waals surface area contributed by atoms with Gasteiger partial charge in [0.05, 0.1) is 5.69 Å². The molecule has 0 fully saturated rings. The molecule has 0 aliphatic carbocycles. The molecule has 19 heavy (non-hydrogen) atoms. The van der Waals surface area contributed by atoms with E-state index in [1.165, 1.54) is 0 Å². The van der Waals surface area contributed by atoms with Gasteiger partial charge in [0.25, 0.3) is 0 Å². The minimum Gasteiger partial charge on any atom is -0.477 e. The number of aryl methyl sites for hydroxylation is 1. The van der Waals surface area contributed by atoms with E-state index in [1.807, 2.05) is 20.8 Å². The number of carboxylic acids is 1. The Kier molecular flexibility index (Phi) is 4.97. The predicted octanol–water partition coefficient (Wildman–Crippen LogP) is 2.67. The van der Waals surface area contributed by atoms with Crippen LogP contribution in [-0.4, -0.2) is 39.6 Å². The summed E-state index contributed by atoms with van der Waals surface area (Å²) in [6.07, 6.45) is 0.851. The molecular formula is C13H21N3O3. The number of urea groups is 1. The Balaban J connectivity index is 2.89. The molecule has 1 aromatic heterocycles. The summed E-state index contributed by atoms with van der Waals surface area (Å²) in [6, 6.07) is 1.40. The standard InChI is InChI=1S/C13H21N3O3/c1-5-6-16(8(2)3)13(19)15-10-7-9(4)14-11(10)12(17)18/h7-8,14H,5-6H2,1-4H3,(H,15,19)(H,17,18). The van der Waals surface area contributed by atoms with E-state index in [0.717, 1.165) is 6.42 Å². The van der Waals surface area contributed by atoms with Crippen LogP contribution in [0.25, 0.3) is 0 Å². The van der Waals surface area contributed by atoms with Crippen LogP contribution < -0.4 is 5.32 Å². The summed E-state index contributed by atoms with van der Waals surface area (Å²) < 4.78 is 0. The molecule has 1 aromatic rings. The number of rotatable bonds is 5. The highest BCUT2D eigenvalue weighted by Gasteiger charge is 2.20. The predicted molar refractivity (Wildman–Crippen MR) is 73.6 cm³/mol. The van der Waals surface area contributed by atoms with Crippen LogP contribution in [0.5, 0.6) is 0 Å². The molecule has 106 valence electrons. The molecule has 0 aliphatic rings. The number of anilines is 1. The van der Waals surface area contributed by atoms with E-state index in [4.69, 9.17) is 5.11 Å². The lowest BCUT2D eigenvalue weighted by Crippen LogP contribution is -2.40. The molecule has 0 aliphatic heterocycles. The summed E-state index contributed by atoms with van der Waals surface area (Å²) in [4.78, 5) is 27.6. The Labute approximate surface area is 112 Å². The normalized spacial score (nSPS) is 10.6. The first kappa shape index (κ1) is 15.1. The molecule has 1 heterocycles. The smallest absolute Gasteiger partial charge is 0.354 e. The van der Waals surface area contributed by atoms with Gasteiger partial charge in [-0.05, 0) is 33.3 Å². The van der Waals surface area contributed by atoms with E-state index in [-0.39, 0.29) is 17.8 Å². The summed E-state index contributed by atoms with van der Waals surface area (Å²) in [5.41, 5.74) is 1.00. The summed E-state index contributed by atoms with van der Waals surface area (Å²) in [7, 11) is 0. The molecular weight excluding hydrogens is 246 g/mol. The number of hydrogen-bond donors (Lipinski definition) is 3. The van der Waals surface area contributed by atoms with Crippen molar-refractivity contribution in [3.05, 3.63) is 17.5 Å². The maximum atomic E-state index is 12.1. The van der Waals surface area contributed by atoms with Crippen LogP contribution in [-0.2, 0) is 0 Å². The van der Waals surface area contributed by atoms with Gasteiger partial charge in [-0.3, -0.25) is 0 Å². The number of carbonyl (C=O) groups is 2. The van der Waals surface area contributed by atoms with Gasteiger partial charge >= 0.3 is 12.0 Å². The Morgan fingerprint density at radius 1 is 1.47 bits per heavy atom. The maximum Gasteiger partial charge on any atom is 0.354 e. The number of hydrogen-bond acceptors (Lipinski definition) is 2. The first-order chi connectivity index (χ1) is 8.86. The molecule has 0 saturated carbocycles. The fourth-order valence-electron chi connectivity index (χ4n) is 1.88. The van der Waals surface area contributed by atoms with Crippen molar-refractivity contribution >= 4 is 17.7 Å². The number of aromatic amines is 1. The summed E-state index contributed by atoms with van der Waals surface area (Å²) in [6.45, 7) is 8.22. The van der Waals surface area contributed by atoms with Gasteiger partial charge in [0.1, 0.15) is 5.69 Å². The summed E-state index contributed by atoms with van der Waals surface area (Å²) >= 11 is 0. The van der Waals surface area contributed by atoms with Gasteiger partial charge in [0, 0.05) is 18.3 Å². The Hall–Kier alpha value is -1.98. The van der Waals surface area contributed by atoms with Gasteiger partial charge < -0.3 is 20.3 Å². The van der Waals surface area contributed by atoms with Crippen LogP contribution in [0.4, 0.5) is 10.5 Å². The molecule has 0 bridgehead atoms. The van der Waals surface area contributed by atoms with E-state index in [1.54, 1.807) is 17.9 Å². The second-order valence-corrected chi connectivity index (χ2v) is 4.76. The summed E-state index contributed by atoms with van der Waals surface area (Å²) in [5, 5.41) is 11.7. The fourth-order valence-corrected chi connectivity index (χ4v) is 1.88. The van der Waals surface area contributed by atoms with Gasteiger partial charge in [-0.1, -0.05) is 6.92 Å². The van der Waals surface area contributed by atoms with Crippen molar-refractivity contribution in [2.24, 2.45) is 0 Å². The first-order valence-corrected chi connectivity index (χ1v) is 6.37. The molecule has 0 atom stereocenters. The Morgan fingerprint density at radius 2 is 2.11 bits per heavy atom. The van der Waals surface area contributed by atoms with Crippen molar-refractivity contribution in [2.45, 2.75) is 40.2 Å². The van der Waals surface area contributed by atoms with E-state index in [9.17, 15) is 9.59 Å². The molecule has 6 nitrogen and oxygen atoms in total. The van der Waals surface area contributed by atoms with Crippen LogP contribution >= 0.6 is 0 Å². The first-order valence-electron chi connectivity index (χ1n) is 6.37. The van der Waals surface area contributed by atoms with Gasteiger partial charge in [-0.2, -0.15) is 0 Å². The number of H-pyrrole nitrogens is 1. The number of carboxylic acid groups (broad SMARTS) is 1. The maximum absolute atomic E-state index is 12.1. The average Bonchev–Trinajstić information content (AvgIpc) is 2.66. The Bertz CT molecular complexity index is 466. The molecule has 0 radical (unpaired) electrons. The number of nitrogens with one attached hydrogen (secondary N) is 2. The quantitative estimate of drug-likeness (QED) is 0.766. The van der Waals surface area contributed by atoms with E-state index < -0.39 is 5.97 Å². The summed E-state index contributed by atoms with van der Waals surface area (Å²) in [5.74, 6) is -1.09. The van der Waals surface area contributed by atoms with Crippen LogP contribution in [0, 0.1) is 6.92 Å². The number of amides is 2. The molecule has 0 unspecified atom stereocenters. The van der Waals surface area contributed by atoms with Crippen molar-refractivity contribution < 1.29 is 14.7 Å². The SMILES string of the molecule is CCCN(C(=O)Nc1cc(C)[nH]c1C(=O)O)C(C)C. The fraction of sp³-hybridized carbons (Fsp3) is 0.538. The number of nitrogens with zero attached hydrogens (tertiary/aromatic N) is 1. The molecule has 0 aromatic carbocycles. The number of aromatic nitrogens is 1. The van der Waals surface area contributed by atoms with Crippen molar-refractivity contribution in [3.8, 4) is 0 Å². The molecule has 1 rings (SSSR count). The molecule has 0 saturated heterocycles. The molecule has 2 amide bonds. The van der Waals surface area contributed by atoms with Crippen LogP contribution in [0.1, 0.15) is 43.4 Å². The third kappa shape index (κ3) is 3.74. The lowest BCUT2D eigenvalue weighted by molar-refractivity contribution is 0.0692. The van der Waals surface area contributed by atoms with Gasteiger partial charge in [-0.15, -0.1) is 0 Å². The van der Waals surface area contributed by atoms with E-state index >= 15 is 0 Å². The topological polar surface area (TPSA) is 85.4 Å². The zero-order valence-corrected chi connectivity index (χ0v) is 11.8. The zero-order chi connectivity index (χ0) is 14.6. The number of aromatic carboxylic acids is 1. The minimum atomic E-state index is -1.09. The second-order valence-electron chi connectivity index (χ2n) is 4.76. The molecule has 3 N–H and O–H groups in total. The molecule has 0 spiro atoms. The van der Waals surface area contributed by atoms with Crippen molar-refractivity contribution in [3.63, 3.8) is 0 Å². The van der Waals surface area contributed by atoms with Crippen LogP contribution in [0.15, 0.2) is 6.07 Å². The highest BCUT2D eigenvalue weighted by Crippen LogP contribution is 2.18. The number of carbonyl (C=O) groups excluding carboxylic acids is 1. The van der Waals surface area contributed by atoms with Gasteiger partial charge in [0.15, 0.2) is 0 Å². The largest absolute Gasteiger partial charge is 0.477 e. The molecule has 6 heteroatoms. The monoisotopic (exact) mass is 267 g/mol. The Morgan fingerprint density at radius 3 is 2.58 bits per heavy atom. The minimum absolute atomic E-state index is 0.00561. The third-order valence-electron chi connectivity index (χ3n) is 2.76. The lowest BCUT2D eigenvalue weighted by Gasteiger charge is -2.26. The van der Waals surface area contributed by atoms with Crippen molar-refractivity contribution in [1.82, 2.24) is 9.88 Å². The van der Waals surface area contributed by atoms with Crippen LogP contribution in [0.3, 0.4) is 0 Å². The average molecular weight is 267 g/mol. The van der Waals surface area contributed by atoms with Crippen molar-refractivity contribution in [1.29, 1.82) is 0 Å². The third-order valence-corrected chi connectivity index (χ3v) is 2.76. The van der Waals surface area contributed by atoms with Gasteiger partial charge in [-0.25, -0.2) is 9.59 Å². The highest BCUT2D eigenvalue weighted by molar-refractivity contribution is 5.99. The van der Waals surface area contributed by atoms with E-state index in [0.29, 0.717) is 17.9 Å². The highest BCUT2D eigenvalue weighted by atomic mass is 16.4. The van der Waals surface area contributed by atoms with Gasteiger partial charge in [0.2, 0.25) is 0 Å². The second kappa shape index (κ2) is 6.26.